The Morgan fingerprint density at radius 1 is 0.646 bits per heavy atom. The Bertz CT molecular complexity index is 666. The normalized spacial score (nSPS) is 12.6. The average molecular weight is 687 g/mol. The molecule has 0 aliphatic rings. The van der Waals surface area contributed by atoms with Crippen LogP contribution in [0.4, 0.5) is 4.79 Å². The number of carbonyl (C=O) groups is 1. The fraction of sp³-hybridized carbons (Fsp3) is 0.975. The lowest BCUT2D eigenvalue weighted by atomic mass is 10.1. The van der Waals surface area contributed by atoms with Crippen LogP contribution in [0.2, 0.25) is 0 Å². The summed E-state index contributed by atoms with van der Waals surface area (Å²) >= 11 is 0. The highest BCUT2D eigenvalue weighted by molar-refractivity contribution is 5.67. The van der Waals surface area contributed by atoms with Gasteiger partial charge in [-0.05, 0) is 26.7 Å². The minimum absolute atomic E-state index is 0.174. The smallest absolute Gasteiger partial charge is 0.407 e. The number of hydrogen-bond donors (Lipinski definition) is 1. The van der Waals surface area contributed by atoms with Gasteiger partial charge < -0.3 is 29.1 Å². The first-order chi connectivity index (χ1) is 23.3. The van der Waals surface area contributed by atoms with Gasteiger partial charge in [-0.3, -0.25) is 0 Å². The van der Waals surface area contributed by atoms with E-state index in [4.69, 9.17) is 23.8 Å². The molecule has 0 heterocycles. The van der Waals surface area contributed by atoms with Gasteiger partial charge in [0.05, 0.1) is 32.0 Å². The van der Waals surface area contributed by atoms with Crippen molar-refractivity contribution in [2.45, 2.75) is 200 Å². The van der Waals surface area contributed by atoms with Gasteiger partial charge in [0, 0.05) is 33.2 Å². The third kappa shape index (κ3) is 34.9. The molecule has 0 aromatic carbocycles. The number of nitrogens with one attached hydrogen (secondary N) is 1. The zero-order valence-electron chi connectivity index (χ0n) is 32.9. The molecule has 8 heteroatoms. The summed E-state index contributed by atoms with van der Waals surface area (Å²) in [5, 5.41) is 4.49. The molecule has 0 rings (SSSR count). The number of ether oxygens (including phenoxy) is 4. The van der Waals surface area contributed by atoms with E-state index in [0.717, 1.165) is 19.4 Å². The van der Waals surface area contributed by atoms with Crippen molar-refractivity contribution >= 4 is 6.09 Å². The summed E-state index contributed by atoms with van der Waals surface area (Å²) in [6.07, 6.45) is 31.8. The van der Waals surface area contributed by atoms with Gasteiger partial charge in [0.15, 0.2) is 0 Å². The van der Waals surface area contributed by atoms with Crippen molar-refractivity contribution in [1.29, 1.82) is 0 Å². The van der Waals surface area contributed by atoms with Crippen LogP contribution in [-0.4, -0.2) is 76.7 Å². The summed E-state index contributed by atoms with van der Waals surface area (Å²) in [7, 11) is 3.41. The van der Waals surface area contributed by atoms with Crippen LogP contribution in [-0.2, 0) is 23.8 Å². The van der Waals surface area contributed by atoms with E-state index in [9.17, 15) is 4.79 Å². The Labute approximate surface area is 298 Å². The van der Waals surface area contributed by atoms with Crippen LogP contribution < -0.4 is 5.32 Å². The first-order valence-electron chi connectivity index (χ1n) is 20.3. The molecule has 0 aromatic rings. The molecule has 0 aliphatic carbocycles. The van der Waals surface area contributed by atoms with Gasteiger partial charge in [-0.2, -0.15) is 5.06 Å². The van der Waals surface area contributed by atoms with E-state index in [2.05, 4.69) is 19.2 Å². The average Bonchev–Trinajstić information content (AvgIpc) is 3.07. The molecule has 0 aliphatic heterocycles. The molecule has 0 saturated heterocycles. The predicted octanol–water partition coefficient (Wildman–Crippen LogP) is 11.2. The lowest BCUT2D eigenvalue weighted by Crippen LogP contribution is -2.38. The second kappa shape index (κ2) is 35.9. The Morgan fingerprint density at radius 3 is 1.54 bits per heavy atom. The van der Waals surface area contributed by atoms with Crippen molar-refractivity contribution in [2.24, 2.45) is 0 Å². The molecule has 288 valence electrons. The van der Waals surface area contributed by atoms with E-state index < -0.39 is 11.7 Å². The van der Waals surface area contributed by atoms with E-state index in [-0.39, 0.29) is 12.7 Å². The third-order valence-corrected chi connectivity index (χ3v) is 9.16. The van der Waals surface area contributed by atoms with E-state index in [0.29, 0.717) is 32.9 Å². The van der Waals surface area contributed by atoms with Crippen LogP contribution in [0, 0.1) is 0 Å². The maximum Gasteiger partial charge on any atom is 0.407 e. The maximum atomic E-state index is 12.4. The quantitative estimate of drug-likeness (QED) is 0.0393. The number of carbonyl (C=O) groups excluding carboxylic acids is 1. The second-order valence-electron chi connectivity index (χ2n) is 14.5. The summed E-state index contributed by atoms with van der Waals surface area (Å²) in [6, 6.07) is 0. The van der Waals surface area contributed by atoms with Gasteiger partial charge >= 0.3 is 6.09 Å². The molecule has 0 aromatic heterocycles. The summed E-state index contributed by atoms with van der Waals surface area (Å²) in [4.78, 5) is 17.5. The predicted molar refractivity (Wildman–Crippen MR) is 201 cm³/mol. The van der Waals surface area contributed by atoms with Crippen molar-refractivity contribution < 1.29 is 28.6 Å². The molecule has 0 bridgehead atoms. The van der Waals surface area contributed by atoms with E-state index in [1.165, 1.54) is 141 Å². The molecule has 0 spiro atoms. The lowest BCUT2D eigenvalue weighted by molar-refractivity contribution is -0.200. The zero-order chi connectivity index (χ0) is 35.4. The maximum absolute atomic E-state index is 12.4. The van der Waals surface area contributed by atoms with Crippen LogP contribution >= 0.6 is 0 Å². The van der Waals surface area contributed by atoms with Crippen LogP contribution in [0.25, 0.3) is 0 Å². The molecule has 1 amide bonds. The van der Waals surface area contributed by atoms with Crippen LogP contribution in [0.3, 0.4) is 0 Å². The summed E-state index contributed by atoms with van der Waals surface area (Å²) < 4.78 is 23.5. The summed E-state index contributed by atoms with van der Waals surface area (Å²) in [5.74, 6) is 0. The first-order valence-corrected chi connectivity index (χ1v) is 20.3. The minimum Gasteiger partial charge on any atom is -0.449 e. The second-order valence-corrected chi connectivity index (χ2v) is 14.5. The van der Waals surface area contributed by atoms with Gasteiger partial charge in [-0.25, -0.2) is 4.79 Å². The number of alkyl carbamates (subject to hydrolysis) is 1. The fourth-order valence-electron chi connectivity index (χ4n) is 5.65. The van der Waals surface area contributed by atoms with Crippen molar-refractivity contribution in [3.8, 4) is 0 Å². The molecule has 0 radical (unpaired) electrons. The number of nitrogens with zero attached hydrogens (tertiary/aromatic N) is 1. The monoisotopic (exact) mass is 687 g/mol. The number of hydrogen-bond acceptors (Lipinski definition) is 7. The molecule has 1 atom stereocenters. The van der Waals surface area contributed by atoms with Crippen LogP contribution in [0.5, 0.6) is 0 Å². The highest BCUT2D eigenvalue weighted by Crippen LogP contribution is 2.16. The Morgan fingerprint density at radius 2 is 1.08 bits per heavy atom. The largest absolute Gasteiger partial charge is 0.449 e. The van der Waals surface area contributed by atoms with Crippen LogP contribution in [0.15, 0.2) is 0 Å². The lowest BCUT2D eigenvalue weighted by Gasteiger charge is -2.27. The molecule has 0 saturated carbocycles. The summed E-state index contributed by atoms with van der Waals surface area (Å²) in [5.41, 5.74) is -0.436. The molecule has 0 fully saturated rings. The molecular formula is C40H82N2O6. The van der Waals surface area contributed by atoms with Crippen molar-refractivity contribution in [2.75, 3.05) is 53.9 Å². The Kier molecular flexibility index (Phi) is 35.2. The Balaban J connectivity index is 4.22. The standard InChI is InChI=1S/C40H82N2O6/c1-7-9-11-13-15-17-19-21-23-25-27-29-32-45-36-38(46-33-30-28-26-24-22-20-18-16-14-12-10-8-2)35-41-39(43)47-34-31-40(3,4)48-37-42(5)44-6/h38H,7-37H2,1-6H3,(H,41,43)/t38-/m0/s1. The number of unbranched alkanes of at least 4 members (excludes halogenated alkanes) is 22. The van der Waals surface area contributed by atoms with E-state index in [1.807, 2.05) is 13.8 Å². The van der Waals surface area contributed by atoms with Crippen molar-refractivity contribution in [3.63, 3.8) is 0 Å². The van der Waals surface area contributed by atoms with Crippen molar-refractivity contribution in [1.82, 2.24) is 10.4 Å². The van der Waals surface area contributed by atoms with Gasteiger partial charge in [-0.1, -0.05) is 155 Å². The number of hydroxylamine groups is 2. The first kappa shape index (κ1) is 47.1. The zero-order valence-corrected chi connectivity index (χ0v) is 32.9. The molecule has 48 heavy (non-hydrogen) atoms. The van der Waals surface area contributed by atoms with Gasteiger partial charge in [0.25, 0.3) is 0 Å². The number of amides is 1. The molecule has 1 N–H and O–H groups in total. The Hall–Kier alpha value is -0.930. The third-order valence-electron chi connectivity index (χ3n) is 9.16. The van der Waals surface area contributed by atoms with Gasteiger partial charge in [0.1, 0.15) is 6.73 Å². The van der Waals surface area contributed by atoms with Crippen molar-refractivity contribution in [3.05, 3.63) is 0 Å². The van der Waals surface area contributed by atoms with E-state index in [1.54, 1.807) is 19.2 Å². The van der Waals surface area contributed by atoms with E-state index >= 15 is 0 Å². The minimum atomic E-state index is -0.436. The van der Waals surface area contributed by atoms with Gasteiger partial charge in [0.2, 0.25) is 0 Å². The SMILES string of the molecule is CCCCCCCCCCCCCCOC[C@H](CNC(=O)OCCC(C)(C)OCN(C)OC)OCCCCCCCCCCCCCC. The molecule has 8 nitrogen and oxygen atoms in total. The molecule has 0 unspecified atom stereocenters. The number of rotatable bonds is 38. The summed E-state index contributed by atoms with van der Waals surface area (Å²) in [6.45, 7) is 11.4. The fourth-order valence-corrected chi connectivity index (χ4v) is 5.65. The highest BCUT2D eigenvalue weighted by atomic mass is 16.7. The van der Waals surface area contributed by atoms with Gasteiger partial charge in [-0.15, -0.1) is 0 Å². The highest BCUT2D eigenvalue weighted by Gasteiger charge is 2.20. The molecular weight excluding hydrogens is 604 g/mol. The topological polar surface area (TPSA) is 78.5 Å². The van der Waals surface area contributed by atoms with Crippen LogP contribution in [0.1, 0.15) is 188 Å².